The molecule has 3 N–H and O–H groups in total. The van der Waals surface area contributed by atoms with Gasteiger partial charge in [-0.25, -0.2) is 8.78 Å². The third-order valence-corrected chi connectivity index (χ3v) is 2.35. The monoisotopic (exact) mass is 278 g/mol. The molecule has 0 aliphatic heterocycles. The van der Waals surface area contributed by atoms with Crippen LogP contribution >= 0.6 is 11.6 Å². The molecule has 1 unspecified atom stereocenters. The zero-order valence-corrected chi connectivity index (χ0v) is 10.4. The third-order valence-electron chi connectivity index (χ3n) is 2.11. The topological polar surface area (TPSA) is 64.3 Å². The van der Waals surface area contributed by atoms with Gasteiger partial charge in [-0.1, -0.05) is 11.6 Å². The van der Waals surface area contributed by atoms with Crippen molar-refractivity contribution >= 4 is 28.9 Å². The molecule has 4 nitrogen and oxygen atoms in total. The second-order valence-electron chi connectivity index (χ2n) is 3.59. The molecule has 0 aromatic heterocycles. The van der Waals surface area contributed by atoms with Crippen molar-refractivity contribution in [1.29, 1.82) is 0 Å². The van der Waals surface area contributed by atoms with Crippen LogP contribution in [0.3, 0.4) is 0 Å². The quantitative estimate of drug-likeness (QED) is 0.814. The summed E-state index contributed by atoms with van der Waals surface area (Å²) in [6, 6.07) is 4.55. The number of nitrogen functional groups attached to an aromatic ring is 1. The maximum absolute atomic E-state index is 11.9. The van der Waals surface area contributed by atoms with Crippen molar-refractivity contribution in [2.24, 2.45) is 0 Å². The second-order valence-corrected chi connectivity index (χ2v) is 4.02. The minimum absolute atomic E-state index is 0.289. The van der Waals surface area contributed by atoms with Gasteiger partial charge in [-0.2, -0.15) is 0 Å². The molecule has 0 saturated carbocycles. The van der Waals surface area contributed by atoms with Crippen molar-refractivity contribution in [3.8, 4) is 0 Å². The summed E-state index contributed by atoms with van der Waals surface area (Å²) in [6.45, 7) is 0.592. The Morgan fingerprint density at radius 1 is 1.56 bits per heavy atom. The first-order valence-electron chi connectivity index (χ1n) is 5.15. The Morgan fingerprint density at radius 2 is 2.22 bits per heavy atom. The van der Waals surface area contributed by atoms with E-state index in [-0.39, 0.29) is 5.69 Å². The highest BCUT2D eigenvalue weighted by Gasteiger charge is 2.16. The van der Waals surface area contributed by atoms with Crippen LogP contribution in [0, 0.1) is 0 Å². The molecular formula is C11H13ClF2N2O2. The third kappa shape index (κ3) is 4.46. The number of alkyl halides is 2. The first-order valence-corrected chi connectivity index (χ1v) is 5.53. The van der Waals surface area contributed by atoms with E-state index in [0.717, 1.165) is 0 Å². The van der Waals surface area contributed by atoms with Crippen LogP contribution in [0.5, 0.6) is 0 Å². The smallest absolute Gasteiger partial charge is 0.261 e. The molecule has 1 amide bonds. The minimum Gasteiger partial charge on any atom is -0.397 e. The van der Waals surface area contributed by atoms with E-state index in [1.165, 1.54) is 19.1 Å². The Morgan fingerprint density at radius 3 is 2.78 bits per heavy atom. The first kappa shape index (κ1) is 14.7. The van der Waals surface area contributed by atoms with Gasteiger partial charge >= 0.3 is 0 Å². The summed E-state index contributed by atoms with van der Waals surface area (Å²) < 4.78 is 28.5. The predicted molar refractivity (Wildman–Crippen MR) is 65.9 cm³/mol. The van der Waals surface area contributed by atoms with Gasteiger partial charge in [0.1, 0.15) is 12.7 Å². The number of amides is 1. The van der Waals surface area contributed by atoms with Gasteiger partial charge in [0.2, 0.25) is 0 Å². The van der Waals surface area contributed by atoms with Crippen molar-refractivity contribution < 1.29 is 18.3 Å². The summed E-state index contributed by atoms with van der Waals surface area (Å²) in [4.78, 5) is 11.6. The summed E-state index contributed by atoms with van der Waals surface area (Å²) >= 11 is 5.70. The molecule has 0 radical (unpaired) electrons. The number of hydrogen-bond donors (Lipinski definition) is 2. The number of carbonyl (C=O) groups is 1. The lowest BCUT2D eigenvalue weighted by Gasteiger charge is -2.14. The maximum Gasteiger partial charge on any atom is 0.261 e. The van der Waals surface area contributed by atoms with Gasteiger partial charge < -0.3 is 15.8 Å². The summed E-state index contributed by atoms with van der Waals surface area (Å²) in [6.07, 6.45) is -3.60. The van der Waals surface area contributed by atoms with Crippen molar-refractivity contribution in [3.05, 3.63) is 23.2 Å². The molecule has 1 aromatic rings. The summed E-state index contributed by atoms with van der Waals surface area (Å²) in [5, 5.41) is 2.91. The highest BCUT2D eigenvalue weighted by molar-refractivity contribution is 6.31. The van der Waals surface area contributed by atoms with Gasteiger partial charge in [0.15, 0.2) is 0 Å². The Labute approximate surface area is 108 Å². The molecular weight excluding hydrogens is 266 g/mol. The molecule has 1 atom stereocenters. The molecule has 0 aliphatic carbocycles. The number of anilines is 2. The van der Waals surface area contributed by atoms with Crippen LogP contribution in [0.4, 0.5) is 20.2 Å². The van der Waals surface area contributed by atoms with Crippen molar-refractivity contribution in [2.45, 2.75) is 19.5 Å². The second kappa shape index (κ2) is 6.51. The number of benzene rings is 1. The van der Waals surface area contributed by atoms with Gasteiger partial charge in [-0.05, 0) is 25.1 Å². The van der Waals surface area contributed by atoms with Gasteiger partial charge in [0.05, 0.1) is 11.4 Å². The summed E-state index contributed by atoms with van der Waals surface area (Å²) in [5.41, 5.74) is 6.28. The zero-order valence-electron chi connectivity index (χ0n) is 9.62. The lowest BCUT2D eigenvalue weighted by molar-refractivity contribution is -0.128. The van der Waals surface area contributed by atoms with Crippen LogP contribution in [-0.4, -0.2) is 25.0 Å². The number of nitrogens with one attached hydrogen (secondary N) is 1. The summed E-state index contributed by atoms with van der Waals surface area (Å²) in [7, 11) is 0. The van der Waals surface area contributed by atoms with Gasteiger partial charge in [-0.15, -0.1) is 0 Å². The van der Waals surface area contributed by atoms with Crippen molar-refractivity contribution in [3.63, 3.8) is 0 Å². The molecule has 1 rings (SSSR count). The lowest BCUT2D eigenvalue weighted by Crippen LogP contribution is -2.29. The average Bonchev–Trinajstić information content (AvgIpc) is 2.29. The number of carbonyl (C=O) groups excluding carboxylic acids is 1. The van der Waals surface area contributed by atoms with Gasteiger partial charge in [-0.3, -0.25) is 4.79 Å². The highest BCUT2D eigenvalue weighted by Crippen LogP contribution is 2.22. The molecule has 1 aromatic carbocycles. The summed E-state index contributed by atoms with van der Waals surface area (Å²) in [5.74, 6) is -0.551. The van der Waals surface area contributed by atoms with Crippen LogP contribution in [-0.2, 0) is 9.53 Å². The Hall–Kier alpha value is -1.40. The van der Waals surface area contributed by atoms with E-state index < -0.39 is 25.0 Å². The van der Waals surface area contributed by atoms with Crippen molar-refractivity contribution in [1.82, 2.24) is 0 Å². The molecule has 0 spiro atoms. The molecule has 0 saturated heterocycles. The van der Waals surface area contributed by atoms with Gasteiger partial charge in [0.25, 0.3) is 12.3 Å². The fourth-order valence-corrected chi connectivity index (χ4v) is 1.36. The fraction of sp³-hybridized carbons (Fsp3) is 0.364. The molecule has 18 heavy (non-hydrogen) atoms. The van der Waals surface area contributed by atoms with E-state index >= 15 is 0 Å². The van der Waals surface area contributed by atoms with Crippen LogP contribution in [0.1, 0.15) is 6.92 Å². The molecule has 0 aliphatic rings. The Kier molecular flexibility index (Phi) is 5.30. The number of ether oxygens (including phenoxy) is 1. The SMILES string of the molecule is CC(OCC(F)F)C(=O)Nc1ccc(Cl)cc1N. The van der Waals surface area contributed by atoms with Crippen molar-refractivity contribution in [2.75, 3.05) is 17.7 Å². The molecule has 0 fully saturated rings. The number of halogens is 3. The van der Waals surface area contributed by atoms with Crippen LogP contribution in [0.15, 0.2) is 18.2 Å². The average molecular weight is 279 g/mol. The maximum atomic E-state index is 11.9. The van der Waals surface area contributed by atoms with E-state index in [1.54, 1.807) is 6.07 Å². The largest absolute Gasteiger partial charge is 0.397 e. The fourth-order valence-electron chi connectivity index (χ4n) is 1.17. The van der Waals surface area contributed by atoms with Crippen LogP contribution < -0.4 is 11.1 Å². The number of rotatable bonds is 5. The van der Waals surface area contributed by atoms with Crippen LogP contribution in [0.2, 0.25) is 5.02 Å². The van der Waals surface area contributed by atoms with E-state index in [4.69, 9.17) is 17.3 Å². The van der Waals surface area contributed by atoms with E-state index in [9.17, 15) is 13.6 Å². The Balaban J connectivity index is 2.58. The molecule has 100 valence electrons. The molecule has 7 heteroatoms. The minimum atomic E-state index is -2.61. The first-order chi connectivity index (χ1) is 8.40. The van der Waals surface area contributed by atoms with Gasteiger partial charge in [0, 0.05) is 5.02 Å². The molecule has 0 bridgehead atoms. The van der Waals surface area contributed by atoms with E-state index in [0.29, 0.717) is 10.7 Å². The molecule has 0 heterocycles. The number of nitrogens with two attached hydrogens (primary N) is 1. The Bertz CT molecular complexity index is 430. The predicted octanol–water partition coefficient (Wildman–Crippen LogP) is 2.53. The van der Waals surface area contributed by atoms with E-state index in [2.05, 4.69) is 10.1 Å². The standard InChI is InChI=1S/C11H13ClF2N2O2/c1-6(18-5-10(13)14)11(17)16-9-3-2-7(12)4-8(9)15/h2-4,6,10H,5,15H2,1H3,(H,16,17). The highest BCUT2D eigenvalue weighted by atomic mass is 35.5. The zero-order chi connectivity index (χ0) is 13.7. The van der Waals surface area contributed by atoms with Crippen LogP contribution in [0.25, 0.3) is 0 Å². The van der Waals surface area contributed by atoms with E-state index in [1.807, 2.05) is 0 Å². The number of hydrogen-bond acceptors (Lipinski definition) is 3. The lowest BCUT2D eigenvalue weighted by atomic mass is 10.2. The normalized spacial score (nSPS) is 12.5.